The molecule has 0 aliphatic carbocycles. The molecule has 0 bridgehead atoms. The standard InChI is InChI=1S/C17H17N3/c1-12-2-6-14(7-3-12)16-11-19-17(20-16)15-8-4-13(10-18)5-9-15/h2-9,11H,10,18H2,1H3,(H,19,20). The summed E-state index contributed by atoms with van der Waals surface area (Å²) in [6.07, 6.45) is 1.87. The van der Waals surface area contributed by atoms with E-state index in [1.54, 1.807) is 0 Å². The molecule has 0 spiro atoms. The predicted octanol–water partition coefficient (Wildman–Crippen LogP) is 3.51. The third kappa shape index (κ3) is 2.49. The van der Waals surface area contributed by atoms with E-state index in [4.69, 9.17) is 5.73 Å². The van der Waals surface area contributed by atoms with E-state index in [1.165, 1.54) is 5.56 Å². The minimum absolute atomic E-state index is 0.563. The largest absolute Gasteiger partial charge is 0.338 e. The van der Waals surface area contributed by atoms with Crippen LogP contribution in [0.2, 0.25) is 0 Å². The second kappa shape index (κ2) is 5.31. The first-order chi connectivity index (χ1) is 9.76. The van der Waals surface area contributed by atoms with Gasteiger partial charge in [0.15, 0.2) is 0 Å². The summed E-state index contributed by atoms with van der Waals surface area (Å²) >= 11 is 0. The van der Waals surface area contributed by atoms with E-state index in [1.807, 2.05) is 30.5 Å². The van der Waals surface area contributed by atoms with Crippen molar-refractivity contribution in [2.75, 3.05) is 0 Å². The van der Waals surface area contributed by atoms with Crippen molar-refractivity contribution >= 4 is 0 Å². The van der Waals surface area contributed by atoms with E-state index >= 15 is 0 Å². The average molecular weight is 263 g/mol. The lowest BCUT2D eigenvalue weighted by molar-refractivity contribution is 1.07. The number of benzene rings is 2. The van der Waals surface area contributed by atoms with Gasteiger partial charge in [-0.1, -0.05) is 54.1 Å². The first-order valence-electron chi connectivity index (χ1n) is 6.68. The molecule has 1 aromatic heterocycles. The van der Waals surface area contributed by atoms with Crippen LogP contribution in [0.3, 0.4) is 0 Å². The van der Waals surface area contributed by atoms with Crippen LogP contribution in [0.25, 0.3) is 22.6 Å². The number of rotatable bonds is 3. The molecule has 0 unspecified atom stereocenters. The number of H-pyrrole nitrogens is 1. The summed E-state index contributed by atoms with van der Waals surface area (Å²) in [4.78, 5) is 7.81. The van der Waals surface area contributed by atoms with Gasteiger partial charge in [0, 0.05) is 12.1 Å². The molecule has 0 aliphatic heterocycles. The summed E-state index contributed by atoms with van der Waals surface area (Å²) in [6, 6.07) is 16.6. The molecule has 20 heavy (non-hydrogen) atoms. The van der Waals surface area contributed by atoms with Gasteiger partial charge in [-0.05, 0) is 18.1 Å². The number of nitrogens with one attached hydrogen (secondary N) is 1. The van der Waals surface area contributed by atoms with Gasteiger partial charge in [-0.25, -0.2) is 4.98 Å². The summed E-state index contributed by atoms with van der Waals surface area (Å²) in [5.41, 5.74) is 11.2. The number of nitrogens with two attached hydrogens (primary N) is 1. The minimum Gasteiger partial charge on any atom is -0.338 e. The van der Waals surface area contributed by atoms with Crippen LogP contribution in [0.15, 0.2) is 54.7 Å². The topological polar surface area (TPSA) is 54.7 Å². The normalized spacial score (nSPS) is 10.7. The Labute approximate surface area is 118 Å². The van der Waals surface area contributed by atoms with Crippen molar-refractivity contribution in [1.29, 1.82) is 0 Å². The molecular formula is C17H17N3. The number of hydrogen-bond acceptors (Lipinski definition) is 2. The molecule has 2 aromatic carbocycles. The van der Waals surface area contributed by atoms with Crippen molar-refractivity contribution in [2.24, 2.45) is 5.73 Å². The molecule has 3 aromatic rings. The number of nitrogens with zero attached hydrogens (tertiary/aromatic N) is 1. The van der Waals surface area contributed by atoms with Crippen molar-refractivity contribution in [1.82, 2.24) is 9.97 Å². The van der Waals surface area contributed by atoms with Crippen LogP contribution in [0.4, 0.5) is 0 Å². The van der Waals surface area contributed by atoms with Crippen molar-refractivity contribution in [3.63, 3.8) is 0 Å². The highest BCUT2D eigenvalue weighted by atomic mass is 14.9. The first-order valence-corrected chi connectivity index (χ1v) is 6.68. The van der Waals surface area contributed by atoms with E-state index < -0.39 is 0 Å². The Morgan fingerprint density at radius 2 is 1.60 bits per heavy atom. The smallest absolute Gasteiger partial charge is 0.137 e. The number of imidazole rings is 1. The fraction of sp³-hybridized carbons (Fsp3) is 0.118. The lowest BCUT2D eigenvalue weighted by Gasteiger charge is -2.00. The third-order valence-corrected chi connectivity index (χ3v) is 3.40. The van der Waals surface area contributed by atoms with Gasteiger partial charge in [0.05, 0.1) is 11.9 Å². The van der Waals surface area contributed by atoms with Crippen molar-refractivity contribution in [2.45, 2.75) is 13.5 Å². The maximum Gasteiger partial charge on any atom is 0.137 e. The van der Waals surface area contributed by atoms with Gasteiger partial charge in [-0.15, -0.1) is 0 Å². The molecule has 0 amide bonds. The molecule has 0 radical (unpaired) electrons. The van der Waals surface area contributed by atoms with Gasteiger partial charge >= 0.3 is 0 Å². The fourth-order valence-electron chi connectivity index (χ4n) is 2.15. The molecule has 1 heterocycles. The Bertz CT molecular complexity index is 694. The van der Waals surface area contributed by atoms with Gasteiger partial charge in [0.25, 0.3) is 0 Å². The van der Waals surface area contributed by atoms with E-state index in [9.17, 15) is 0 Å². The molecule has 0 atom stereocenters. The van der Waals surface area contributed by atoms with Crippen LogP contribution >= 0.6 is 0 Å². The summed E-state index contributed by atoms with van der Waals surface area (Å²) in [5, 5.41) is 0. The highest BCUT2D eigenvalue weighted by Gasteiger charge is 2.05. The van der Waals surface area contributed by atoms with Crippen LogP contribution in [0.1, 0.15) is 11.1 Å². The molecule has 3 heteroatoms. The summed E-state index contributed by atoms with van der Waals surface area (Å²) < 4.78 is 0. The lowest BCUT2D eigenvalue weighted by atomic mass is 10.1. The number of aryl methyl sites for hydroxylation is 1. The SMILES string of the molecule is Cc1ccc(-c2cnc(-c3ccc(CN)cc3)[nH]2)cc1. The summed E-state index contributed by atoms with van der Waals surface area (Å²) in [5.74, 6) is 0.879. The first kappa shape index (κ1) is 12.6. The summed E-state index contributed by atoms with van der Waals surface area (Å²) in [6.45, 7) is 2.65. The molecule has 0 saturated carbocycles. The van der Waals surface area contributed by atoms with Crippen molar-refractivity contribution in [3.8, 4) is 22.6 Å². The van der Waals surface area contributed by atoms with E-state index in [0.29, 0.717) is 6.54 Å². The van der Waals surface area contributed by atoms with Gasteiger partial charge in [0.2, 0.25) is 0 Å². The van der Waals surface area contributed by atoms with E-state index in [2.05, 4.69) is 41.2 Å². The predicted molar refractivity (Wildman–Crippen MR) is 82.1 cm³/mol. The zero-order chi connectivity index (χ0) is 13.9. The summed E-state index contributed by atoms with van der Waals surface area (Å²) in [7, 11) is 0. The Morgan fingerprint density at radius 1 is 0.950 bits per heavy atom. The Kier molecular flexibility index (Phi) is 3.35. The zero-order valence-corrected chi connectivity index (χ0v) is 11.4. The van der Waals surface area contributed by atoms with Gasteiger partial charge in [-0.2, -0.15) is 0 Å². The second-order valence-electron chi connectivity index (χ2n) is 4.91. The van der Waals surface area contributed by atoms with E-state index in [0.717, 1.165) is 28.2 Å². The zero-order valence-electron chi connectivity index (χ0n) is 11.4. The number of hydrogen-bond donors (Lipinski definition) is 2. The molecule has 100 valence electrons. The van der Waals surface area contributed by atoms with Crippen LogP contribution < -0.4 is 5.73 Å². The minimum atomic E-state index is 0.563. The molecule has 0 aliphatic rings. The number of aromatic nitrogens is 2. The molecule has 0 fully saturated rings. The van der Waals surface area contributed by atoms with Crippen molar-refractivity contribution < 1.29 is 0 Å². The van der Waals surface area contributed by atoms with Crippen LogP contribution in [-0.2, 0) is 6.54 Å². The maximum absolute atomic E-state index is 5.61. The molecule has 0 saturated heterocycles. The second-order valence-corrected chi connectivity index (χ2v) is 4.91. The quantitative estimate of drug-likeness (QED) is 0.759. The molecule has 3 nitrogen and oxygen atoms in total. The Hall–Kier alpha value is -2.39. The fourth-order valence-corrected chi connectivity index (χ4v) is 2.15. The highest BCUT2D eigenvalue weighted by molar-refractivity contribution is 5.64. The number of aromatic amines is 1. The molecule has 3 N–H and O–H groups in total. The van der Waals surface area contributed by atoms with Gasteiger partial charge < -0.3 is 10.7 Å². The van der Waals surface area contributed by atoms with E-state index in [-0.39, 0.29) is 0 Å². The monoisotopic (exact) mass is 263 g/mol. The average Bonchev–Trinajstić information content (AvgIpc) is 2.98. The molecule has 3 rings (SSSR count). The van der Waals surface area contributed by atoms with Gasteiger partial charge in [0.1, 0.15) is 5.82 Å². The lowest BCUT2D eigenvalue weighted by Crippen LogP contribution is -1.95. The van der Waals surface area contributed by atoms with Crippen LogP contribution in [-0.4, -0.2) is 9.97 Å². The van der Waals surface area contributed by atoms with Gasteiger partial charge in [-0.3, -0.25) is 0 Å². The van der Waals surface area contributed by atoms with Crippen LogP contribution in [0.5, 0.6) is 0 Å². The van der Waals surface area contributed by atoms with Crippen molar-refractivity contribution in [3.05, 3.63) is 65.9 Å². The molecular weight excluding hydrogens is 246 g/mol. The Morgan fingerprint density at radius 3 is 2.25 bits per heavy atom. The third-order valence-electron chi connectivity index (χ3n) is 3.40. The highest BCUT2D eigenvalue weighted by Crippen LogP contribution is 2.22. The van der Waals surface area contributed by atoms with Crippen LogP contribution in [0, 0.1) is 6.92 Å². The Balaban J connectivity index is 1.91. The maximum atomic E-state index is 5.61.